The minimum absolute atomic E-state index is 0.00452. The van der Waals surface area contributed by atoms with Gasteiger partial charge in [-0.1, -0.05) is 52.0 Å². The zero-order chi connectivity index (χ0) is 31.2. The number of ether oxygens (including phenoxy) is 1. The molecule has 2 N–H and O–H groups in total. The fourth-order valence-electron chi connectivity index (χ4n) is 4.60. The molecule has 0 aliphatic rings. The minimum atomic E-state index is -1.82. The maximum absolute atomic E-state index is 13.9. The van der Waals surface area contributed by atoms with Crippen molar-refractivity contribution in [3.63, 3.8) is 0 Å². The van der Waals surface area contributed by atoms with Gasteiger partial charge in [0, 0.05) is 30.3 Å². The molecule has 0 saturated heterocycles. The van der Waals surface area contributed by atoms with Gasteiger partial charge in [-0.2, -0.15) is 13.9 Å². The summed E-state index contributed by atoms with van der Waals surface area (Å²) in [6, 6.07) is 7.92. The average molecular weight is 592 g/mol. The Morgan fingerprint density at radius 3 is 2.31 bits per heavy atom. The summed E-state index contributed by atoms with van der Waals surface area (Å²) in [7, 11) is 0. The lowest BCUT2D eigenvalue weighted by atomic mass is 9.84. The molecule has 0 aliphatic carbocycles. The summed E-state index contributed by atoms with van der Waals surface area (Å²) in [5.74, 6) is -11.2. The number of nitrogens with zero attached hydrogens (tertiary/aromatic N) is 2. The number of benzene rings is 2. The van der Waals surface area contributed by atoms with Crippen molar-refractivity contribution in [1.29, 1.82) is 0 Å². The van der Waals surface area contributed by atoms with Crippen molar-refractivity contribution in [3.8, 4) is 5.75 Å². The molecule has 0 bridgehead atoms. The number of aromatic nitrogens is 2. The lowest BCUT2D eigenvalue weighted by Crippen LogP contribution is -2.43. The smallest absolute Gasteiger partial charge is 0.305 e. The number of carbonyl (C=O) groups excluding carboxylic acids is 1. The summed E-state index contributed by atoms with van der Waals surface area (Å²) in [5, 5.41) is 16.3. The summed E-state index contributed by atoms with van der Waals surface area (Å²) in [6.45, 7) is 7.19. The molecule has 2 atom stereocenters. The van der Waals surface area contributed by atoms with Gasteiger partial charge in [0.2, 0.25) is 11.6 Å². The molecule has 1 heterocycles. The van der Waals surface area contributed by atoms with Gasteiger partial charge in [0.05, 0.1) is 19.0 Å². The van der Waals surface area contributed by atoms with Crippen molar-refractivity contribution in [2.75, 3.05) is 13.2 Å². The molecule has 0 spiro atoms. The summed E-state index contributed by atoms with van der Waals surface area (Å²) in [5.41, 5.74) is 1.88. The van der Waals surface area contributed by atoms with Crippen LogP contribution in [0.1, 0.15) is 63.1 Å². The second kappa shape index (κ2) is 13.7. The van der Waals surface area contributed by atoms with Crippen LogP contribution in [0.2, 0.25) is 0 Å². The van der Waals surface area contributed by atoms with E-state index in [2.05, 4.69) is 31.2 Å². The number of ketones is 1. The van der Waals surface area contributed by atoms with Gasteiger partial charge in [-0.25, -0.2) is 13.5 Å². The predicted molar refractivity (Wildman–Crippen MR) is 147 cm³/mol. The van der Waals surface area contributed by atoms with E-state index in [1.807, 2.05) is 31.2 Å². The Morgan fingerprint density at radius 2 is 1.71 bits per heavy atom. The van der Waals surface area contributed by atoms with Crippen molar-refractivity contribution >= 4 is 11.8 Å². The zero-order valence-electron chi connectivity index (χ0n) is 23.7. The summed E-state index contributed by atoms with van der Waals surface area (Å²) < 4.78 is 60.8. The molecular formula is C30H33F4N3O5. The van der Waals surface area contributed by atoms with Crippen LogP contribution in [-0.4, -0.2) is 45.8 Å². The molecule has 0 radical (unpaired) electrons. The highest BCUT2D eigenvalue weighted by Crippen LogP contribution is 2.27. The monoisotopic (exact) mass is 591 g/mol. The molecule has 0 amide bonds. The van der Waals surface area contributed by atoms with E-state index in [0.717, 1.165) is 11.1 Å². The second-order valence-corrected chi connectivity index (χ2v) is 10.9. The van der Waals surface area contributed by atoms with Crippen molar-refractivity contribution in [1.82, 2.24) is 15.1 Å². The highest BCUT2D eigenvalue weighted by molar-refractivity contribution is 5.89. The number of hydrogen-bond donors (Lipinski definition) is 2. The Hall–Kier alpha value is -4.06. The number of halogens is 4. The molecule has 12 heteroatoms. The molecule has 8 nitrogen and oxygen atoms in total. The number of carbonyl (C=O) groups is 2. The van der Waals surface area contributed by atoms with Crippen LogP contribution in [-0.2, 0) is 21.5 Å². The first-order chi connectivity index (χ1) is 19.7. The lowest BCUT2D eigenvalue weighted by molar-refractivity contribution is -0.139. The van der Waals surface area contributed by atoms with E-state index in [-0.39, 0.29) is 30.1 Å². The SMILES string of the molecule is CC[C@@H](CN[C@@H](CC(=O)O)C(=O)COc1c(F)c(F)cc(F)c1F)c1ccnn(Cc2ccccc2C(C)(C)C)c1=O. The average Bonchev–Trinajstić information content (AvgIpc) is 2.92. The van der Waals surface area contributed by atoms with Crippen molar-refractivity contribution < 1.29 is 37.0 Å². The molecule has 3 aromatic rings. The number of nitrogens with one attached hydrogen (secondary N) is 1. The molecule has 0 saturated carbocycles. The first kappa shape index (κ1) is 32.5. The molecule has 3 rings (SSSR count). The first-order valence-electron chi connectivity index (χ1n) is 13.3. The van der Waals surface area contributed by atoms with Gasteiger partial charge in [0.15, 0.2) is 23.2 Å². The Morgan fingerprint density at radius 1 is 1.07 bits per heavy atom. The van der Waals surface area contributed by atoms with Crippen LogP contribution in [0.15, 0.2) is 47.4 Å². The van der Waals surface area contributed by atoms with E-state index in [1.54, 1.807) is 6.07 Å². The fraction of sp³-hybridized carbons (Fsp3) is 0.400. The predicted octanol–water partition coefficient (Wildman–Crippen LogP) is 4.72. The van der Waals surface area contributed by atoms with Crippen LogP contribution in [0.3, 0.4) is 0 Å². The number of carboxylic acid groups (broad SMARTS) is 1. The van der Waals surface area contributed by atoms with Gasteiger partial charge in [-0.3, -0.25) is 14.4 Å². The van der Waals surface area contributed by atoms with Crippen LogP contribution in [0, 0.1) is 23.3 Å². The lowest BCUT2D eigenvalue weighted by Gasteiger charge is -2.23. The van der Waals surface area contributed by atoms with Crippen LogP contribution in [0.5, 0.6) is 5.75 Å². The van der Waals surface area contributed by atoms with Gasteiger partial charge in [-0.15, -0.1) is 0 Å². The Kier molecular flexibility index (Phi) is 10.6. The van der Waals surface area contributed by atoms with Gasteiger partial charge in [-0.05, 0) is 29.0 Å². The molecule has 0 fully saturated rings. The van der Waals surface area contributed by atoms with Crippen molar-refractivity contribution in [3.05, 3.63) is 92.9 Å². The van der Waals surface area contributed by atoms with Crippen LogP contribution in [0.25, 0.3) is 0 Å². The standard InChI is InChI=1S/C30H33F4N3O5/c1-5-17(19-10-11-36-37(29(19)41)15-18-8-6-7-9-20(18)30(2,3)4)14-35-23(13-25(39)40)24(38)16-42-28-26(33)21(31)12-22(32)27(28)34/h6-12,17,23,35H,5,13-16H2,1-4H3,(H,39,40)/t17-,23-/m0/s1. The number of aliphatic carboxylic acids is 1. The van der Waals surface area contributed by atoms with E-state index in [0.29, 0.717) is 12.0 Å². The quantitative estimate of drug-likeness (QED) is 0.219. The third-order valence-corrected chi connectivity index (χ3v) is 6.83. The van der Waals surface area contributed by atoms with Crippen LogP contribution >= 0.6 is 0 Å². The van der Waals surface area contributed by atoms with Gasteiger partial charge < -0.3 is 15.2 Å². The number of hydrogen-bond acceptors (Lipinski definition) is 6. The van der Waals surface area contributed by atoms with E-state index in [9.17, 15) is 37.1 Å². The van der Waals surface area contributed by atoms with E-state index in [4.69, 9.17) is 4.74 Å². The zero-order valence-corrected chi connectivity index (χ0v) is 23.7. The van der Waals surface area contributed by atoms with Crippen molar-refractivity contribution in [2.24, 2.45) is 0 Å². The number of carboxylic acids is 1. The molecule has 42 heavy (non-hydrogen) atoms. The third-order valence-electron chi connectivity index (χ3n) is 6.83. The highest BCUT2D eigenvalue weighted by atomic mass is 19.2. The second-order valence-electron chi connectivity index (χ2n) is 10.9. The van der Waals surface area contributed by atoms with Gasteiger partial charge in [0.1, 0.15) is 6.61 Å². The largest absolute Gasteiger partial charge is 0.481 e. The molecular weight excluding hydrogens is 558 g/mol. The third kappa shape index (κ3) is 7.81. The molecule has 2 aromatic carbocycles. The number of Topliss-reactive ketones (excluding diaryl/α,β-unsaturated/α-hetero) is 1. The summed E-state index contributed by atoms with van der Waals surface area (Å²) >= 11 is 0. The highest BCUT2D eigenvalue weighted by Gasteiger charge is 2.27. The molecule has 226 valence electrons. The summed E-state index contributed by atoms with van der Waals surface area (Å²) in [6.07, 6.45) is 1.22. The molecule has 1 aromatic heterocycles. The fourth-order valence-corrected chi connectivity index (χ4v) is 4.60. The normalized spacial score (nSPS) is 13.0. The molecule has 0 unspecified atom stereocenters. The van der Waals surface area contributed by atoms with E-state index in [1.165, 1.54) is 10.9 Å². The Bertz CT molecular complexity index is 1480. The van der Waals surface area contributed by atoms with E-state index >= 15 is 0 Å². The van der Waals surface area contributed by atoms with Crippen LogP contribution < -0.4 is 15.6 Å². The summed E-state index contributed by atoms with van der Waals surface area (Å²) in [4.78, 5) is 37.6. The van der Waals surface area contributed by atoms with Crippen molar-refractivity contribution in [2.45, 2.75) is 64.5 Å². The topological polar surface area (TPSA) is 111 Å². The van der Waals surface area contributed by atoms with Crippen LogP contribution in [0.4, 0.5) is 17.6 Å². The maximum atomic E-state index is 13.9. The molecule has 0 aliphatic heterocycles. The first-order valence-corrected chi connectivity index (χ1v) is 13.3. The Labute approximate surface area is 240 Å². The number of rotatable bonds is 13. The van der Waals surface area contributed by atoms with Gasteiger partial charge >= 0.3 is 5.97 Å². The minimum Gasteiger partial charge on any atom is -0.481 e. The van der Waals surface area contributed by atoms with E-state index < -0.39 is 65.8 Å². The Balaban J connectivity index is 1.78. The maximum Gasteiger partial charge on any atom is 0.305 e. The van der Waals surface area contributed by atoms with Gasteiger partial charge in [0.25, 0.3) is 5.56 Å².